The highest BCUT2D eigenvalue weighted by Gasteiger charge is 2.39. The van der Waals surface area contributed by atoms with Crippen LogP contribution in [-0.4, -0.2) is 31.9 Å². The largest absolute Gasteiger partial charge is 0.365 e. The van der Waals surface area contributed by atoms with Crippen LogP contribution < -0.4 is 5.32 Å². The zero-order valence-corrected chi connectivity index (χ0v) is 8.95. The van der Waals surface area contributed by atoms with E-state index in [1.165, 1.54) is 12.7 Å². The summed E-state index contributed by atoms with van der Waals surface area (Å²) in [5.74, 6) is -2.02. The molecule has 17 heavy (non-hydrogen) atoms. The maximum absolute atomic E-state index is 13.1. The van der Waals surface area contributed by atoms with Crippen molar-refractivity contribution in [2.75, 3.05) is 5.32 Å². The van der Waals surface area contributed by atoms with Crippen molar-refractivity contribution >= 4 is 17.0 Å². The van der Waals surface area contributed by atoms with Crippen molar-refractivity contribution in [3.05, 3.63) is 12.7 Å². The van der Waals surface area contributed by atoms with E-state index in [0.717, 1.165) is 0 Å². The predicted molar refractivity (Wildman–Crippen MR) is 57.9 cm³/mol. The number of anilines is 1. The van der Waals surface area contributed by atoms with Crippen LogP contribution in [0.2, 0.25) is 0 Å². The van der Waals surface area contributed by atoms with E-state index in [2.05, 4.69) is 25.3 Å². The lowest BCUT2D eigenvalue weighted by atomic mass is 10.2. The van der Waals surface area contributed by atoms with Crippen LogP contribution in [0, 0.1) is 0 Å². The van der Waals surface area contributed by atoms with Crippen molar-refractivity contribution in [1.29, 1.82) is 0 Å². The molecule has 7 heteroatoms. The topological polar surface area (TPSA) is 66.5 Å². The van der Waals surface area contributed by atoms with Crippen LogP contribution in [0.3, 0.4) is 0 Å². The number of imidazole rings is 1. The monoisotopic (exact) mass is 239 g/mol. The van der Waals surface area contributed by atoms with Gasteiger partial charge in [0.1, 0.15) is 11.8 Å². The van der Waals surface area contributed by atoms with Crippen LogP contribution in [-0.2, 0) is 0 Å². The fourth-order valence-electron chi connectivity index (χ4n) is 2.14. The van der Waals surface area contributed by atoms with Crippen molar-refractivity contribution in [1.82, 2.24) is 19.9 Å². The van der Waals surface area contributed by atoms with Gasteiger partial charge >= 0.3 is 0 Å². The normalized spacial score (nSPS) is 23.1. The molecular formula is C10H11F2N5. The molecule has 5 nitrogen and oxygen atoms in total. The summed E-state index contributed by atoms with van der Waals surface area (Å²) in [5, 5.41) is 3.02. The van der Waals surface area contributed by atoms with E-state index in [-0.39, 0.29) is 18.9 Å². The Balaban J connectivity index is 1.84. The van der Waals surface area contributed by atoms with Gasteiger partial charge in [0.25, 0.3) is 0 Å². The summed E-state index contributed by atoms with van der Waals surface area (Å²) in [4.78, 5) is 14.9. The minimum absolute atomic E-state index is 0.0676. The summed E-state index contributed by atoms with van der Waals surface area (Å²) in [6.45, 7) is 0. The van der Waals surface area contributed by atoms with Gasteiger partial charge in [-0.2, -0.15) is 0 Å². The second kappa shape index (κ2) is 3.61. The Morgan fingerprint density at radius 1 is 1.35 bits per heavy atom. The molecule has 3 rings (SSSR count). The van der Waals surface area contributed by atoms with Gasteiger partial charge in [-0.3, -0.25) is 0 Å². The van der Waals surface area contributed by atoms with Crippen molar-refractivity contribution in [3.63, 3.8) is 0 Å². The summed E-state index contributed by atoms with van der Waals surface area (Å²) >= 11 is 0. The van der Waals surface area contributed by atoms with Gasteiger partial charge < -0.3 is 10.3 Å². The SMILES string of the molecule is FC1(F)CCC(Nc2ncnc3nc[nH]c23)C1. The van der Waals surface area contributed by atoms with E-state index >= 15 is 0 Å². The maximum Gasteiger partial charge on any atom is 0.250 e. The first-order valence-corrected chi connectivity index (χ1v) is 5.42. The smallest absolute Gasteiger partial charge is 0.250 e. The molecule has 2 aromatic rings. The first kappa shape index (κ1) is 10.4. The fraction of sp³-hybridized carbons (Fsp3) is 0.500. The molecule has 1 atom stereocenters. The lowest BCUT2D eigenvalue weighted by Crippen LogP contribution is -2.20. The molecule has 0 aliphatic heterocycles. The van der Waals surface area contributed by atoms with Gasteiger partial charge in [-0.05, 0) is 6.42 Å². The van der Waals surface area contributed by atoms with Gasteiger partial charge in [-0.1, -0.05) is 0 Å². The number of fused-ring (bicyclic) bond motifs is 1. The first-order valence-electron chi connectivity index (χ1n) is 5.42. The first-order chi connectivity index (χ1) is 8.14. The molecule has 0 spiro atoms. The van der Waals surface area contributed by atoms with Crippen molar-refractivity contribution in [2.45, 2.75) is 31.2 Å². The van der Waals surface area contributed by atoms with Crippen molar-refractivity contribution in [3.8, 4) is 0 Å². The molecule has 1 aliphatic rings. The van der Waals surface area contributed by atoms with Crippen LogP contribution in [0.4, 0.5) is 14.6 Å². The third-order valence-electron chi connectivity index (χ3n) is 2.97. The van der Waals surface area contributed by atoms with E-state index in [9.17, 15) is 8.78 Å². The second-order valence-electron chi connectivity index (χ2n) is 4.26. The standard InChI is InChI=1S/C10H11F2N5/c11-10(12)2-1-6(3-10)17-9-7-8(14-4-13-7)15-5-16-9/h4-6H,1-3H2,(H2,13,14,15,16,17). The highest BCUT2D eigenvalue weighted by Crippen LogP contribution is 2.36. The average Bonchev–Trinajstić information content (AvgIpc) is 2.85. The number of nitrogens with one attached hydrogen (secondary N) is 2. The molecular weight excluding hydrogens is 228 g/mol. The fourth-order valence-corrected chi connectivity index (χ4v) is 2.14. The van der Waals surface area contributed by atoms with E-state index in [0.29, 0.717) is 23.4 Å². The lowest BCUT2D eigenvalue weighted by Gasteiger charge is -2.13. The number of alkyl halides is 2. The Hall–Kier alpha value is -1.79. The highest BCUT2D eigenvalue weighted by molar-refractivity contribution is 5.82. The Morgan fingerprint density at radius 2 is 2.24 bits per heavy atom. The van der Waals surface area contributed by atoms with E-state index in [4.69, 9.17) is 0 Å². The third kappa shape index (κ3) is 1.92. The van der Waals surface area contributed by atoms with Gasteiger partial charge in [0.05, 0.1) is 6.33 Å². The van der Waals surface area contributed by atoms with Gasteiger partial charge in [0.2, 0.25) is 5.92 Å². The van der Waals surface area contributed by atoms with Crippen LogP contribution >= 0.6 is 0 Å². The number of H-pyrrole nitrogens is 1. The quantitative estimate of drug-likeness (QED) is 0.840. The number of halogens is 2. The van der Waals surface area contributed by atoms with Crippen LogP contribution in [0.25, 0.3) is 11.2 Å². The third-order valence-corrected chi connectivity index (χ3v) is 2.97. The second-order valence-corrected chi connectivity index (χ2v) is 4.26. The Morgan fingerprint density at radius 3 is 3.00 bits per heavy atom. The summed E-state index contributed by atoms with van der Waals surface area (Å²) in [7, 11) is 0. The average molecular weight is 239 g/mol. The molecule has 2 heterocycles. The van der Waals surface area contributed by atoms with E-state index < -0.39 is 5.92 Å². The molecule has 1 unspecified atom stereocenters. The zero-order chi connectivity index (χ0) is 11.9. The van der Waals surface area contributed by atoms with E-state index in [1.54, 1.807) is 0 Å². The van der Waals surface area contributed by atoms with Crippen molar-refractivity contribution < 1.29 is 8.78 Å². The number of rotatable bonds is 2. The Bertz CT molecular complexity index is 538. The molecule has 2 N–H and O–H groups in total. The molecule has 1 aliphatic carbocycles. The number of hydrogen-bond acceptors (Lipinski definition) is 4. The summed E-state index contributed by atoms with van der Waals surface area (Å²) in [6.07, 6.45) is 3.12. The number of aromatic amines is 1. The number of hydrogen-bond donors (Lipinski definition) is 2. The van der Waals surface area contributed by atoms with Crippen LogP contribution in [0.1, 0.15) is 19.3 Å². The number of nitrogens with zero attached hydrogens (tertiary/aromatic N) is 3. The molecule has 1 fully saturated rings. The minimum Gasteiger partial charge on any atom is -0.365 e. The lowest BCUT2D eigenvalue weighted by molar-refractivity contribution is 0.00852. The Kier molecular flexibility index (Phi) is 2.20. The van der Waals surface area contributed by atoms with E-state index in [1.807, 2.05) is 0 Å². The van der Waals surface area contributed by atoms with Crippen LogP contribution in [0.15, 0.2) is 12.7 Å². The highest BCUT2D eigenvalue weighted by atomic mass is 19.3. The molecule has 0 radical (unpaired) electrons. The molecule has 90 valence electrons. The van der Waals surface area contributed by atoms with Gasteiger partial charge in [-0.15, -0.1) is 0 Å². The zero-order valence-electron chi connectivity index (χ0n) is 8.95. The number of aromatic nitrogens is 4. The summed E-state index contributed by atoms with van der Waals surface area (Å²) < 4.78 is 26.1. The van der Waals surface area contributed by atoms with Gasteiger partial charge in [-0.25, -0.2) is 23.7 Å². The molecule has 0 aromatic carbocycles. The predicted octanol–water partition coefficient (Wildman–Crippen LogP) is 1.95. The van der Waals surface area contributed by atoms with Gasteiger partial charge in [0.15, 0.2) is 11.5 Å². The molecule has 0 amide bonds. The van der Waals surface area contributed by atoms with Crippen molar-refractivity contribution in [2.24, 2.45) is 0 Å². The maximum atomic E-state index is 13.1. The summed E-state index contributed by atoms with van der Waals surface area (Å²) in [6, 6.07) is -0.244. The molecule has 2 aromatic heterocycles. The molecule has 0 saturated heterocycles. The summed E-state index contributed by atoms with van der Waals surface area (Å²) in [5.41, 5.74) is 1.19. The molecule has 0 bridgehead atoms. The van der Waals surface area contributed by atoms with Gasteiger partial charge in [0, 0.05) is 18.9 Å². The molecule has 1 saturated carbocycles. The minimum atomic E-state index is -2.56. The van der Waals surface area contributed by atoms with Crippen LogP contribution in [0.5, 0.6) is 0 Å². The Labute approximate surface area is 95.7 Å².